The van der Waals surface area contributed by atoms with Gasteiger partial charge < -0.3 is 13.7 Å². The van der Waals surface area contributed by atoms with Crippen molar-refractivity contribution in [2.75, 3.05) is 0 Å². The summed E-state index contributed by atoms with van der Waals surface area (Å²) in [5.74, 6) is -1.17. The second-order valence-electron chi connectivity index (χ2n) is 6.12. The molecule has 3 rings (SSSR count). The monoisotopic (exact) mass is 422 g/mol. The minimum Gasteiger partial charge on any atom is -0.481 e. The van der Waals surface area contributed by atoms with Crippen LogP contribution in [0.3, 0.4) is 0 Å². The lowest BCUT2D eigenvalue weighted by atomic mass is 10.0. The van der Waals surface area contributed by atoms with Gasteiger partial charge in [0, 0.05) is 16.0 Å². The lowest BCUT2D eigenvalue weighted by Crippen LogP contribution is -2.15. The van der Waals surface area contributed by atoms with Crippen LogP contribution in [0.1, 0.15) is 16.7 Å². The average Bonchev–Trinajstić information content (AvgIpc) is 2.61. The molecule has 0 radical (unpaired) electrons. The topological polar surface area (TPSA) is 111 Å². The Balaban J connectivity index is 2.10. The fourth-order valence-electron chi connectivity index (χ4n) is 2.81. The average molecular weight is 423 g/mol. The van der Waals surface area contributed by atoms with Gasteiger partial charge in [-0.05, 0) is 49.7 Å². The van der Waals surface area contributed by atoms with E-state index in [1.807, 2.05) is 0 Å². The number of aryl methyl sites for hydroxylation is 2. The number of benzene rings is 2. The maximum absolute atomic E-state index is 12.5. The highest BCUT2D eigenvalue weighted by atomic mass is 35.5. The predicted molar refractivity (Wildman–Crippen MR) is 103 cm³/mol. The van der Waals surface area contributed by atoms with E-state index >= 15 is 0 Å². The second-order valence-corrected chi connectivity index (χ2v) is 8.11. The third-order valence-electron chi connectivity index (χ3n) is 4.27. The number of hydrogen-bond acceptors (Lipinski definition) is 6. The molecular formula is C19H15ClO7S. The predicted octanol–water partition coefficient (Wildman–Crippen LogP) is 3.46. The summed E-state index contributed by atoms with van der Waals surface area (Å²) in [6.45, 7) is 3.16. The van der Waals surface area contributed by atoms with Crippen molar-refractivity contribution in [3.8, 4) is 5.75 Å². The van der Waals surface area contributed by atoms with Crippen molar-refractivity contribution < 1.29 is 26.9 Å². The molecule has 1 heterocycles. The quantitative estimate of drug-likeness (QED) is 0.495. The molecule has 0 aliphatic heterocycles. The number of fused-ring (bicyclic) bond motifs is 1. The summed E-state index contributed by atoms with van der Waals surface area (Å²) in [6.07, 6.45) is -0.468. The highest BCUT2D eigenvalue weighted by Gasteiger charge is 2.21. The minimum absolute atomic E-state index is 0.0130. The van der Waals surface area contributed by atoms with Crippen LogP contribution in [-0.4, -0.2) is 19.5 Å². The number of aliphatic carboxylic acids is 1. The van der Waals surface area contributed by atoms with E-state index < -0.39 is 28.1 Å². The van der Waals surface area contributed by atoms with Gasteiger partial charge in [-0.15, -0.1) is 0 Å². The van der Waals surface area contributed by atoms with E-state index in [4.69, 9.17) is 25.3 Å². The smallest absolute Gasteiger partial charge is 0.340 e. The van der Waals surface area contributed by atoms with Crippen LogP contribution < -0.4 is 9.81 Å². The Morgan fingerprint density at radius 1 is 1.18 bits per heavy atom. The Morgan fingerprint density at radius 3 is 2.54 bits per heavy atom. The number of halogens is 1. The lowest BCUT2D eigenvalue weighted by molar-refractivity contribution is -0.136. The molecule has 0 fully saturated rings. The summed E-state index contributed by atoms with van der Waals surface area (Å²) in [7, 11) is -4.15. The Labute approximate surface area is 165 Å². The first-order valence-corrected chi connectivity index (χ1v) is 9.86. The fraction of sp³-hybridized carbons (Fsp3) is 0.158. The van der Waals surface area contributed by atoms with Crippen LogP contribution in [0.25, 0.3) is 11.0 Å². The van der Waals surface area contributed by atoms with Crippen LogP contribution >= 0.6 is 11.6 Å². The van der Waals surface area contributed by atoms with Gasteiger partial charge in [-0.25, -0.2) is 4.79 Å². The van der Waals surface area contributed by atoms with Crippen molar-refractivity contribution in [1.82, 2.24) is 0 Å². The van der Waals surface area contributed by atoms with E-state index in [9.17, 15) is 18.0 Å². The molecule has 146 valence electrons. The molecule has 0 saturated carbocycles. The fourth-order valence-corrected chi connectivity index (χ4v) is 4.09. The van der Waals surface area contributed by atoms with Crippen molar-refractivity contribution in [3.05, 3.63) is 68.5 Å². The van der Waals surface area contributed by atoms with Gasteiger partial charge in [0.05, 0.1) is 12.0 Å². The molecule has 0 spiro atoms. The molecular weight excluding hydrogens is 408 g/mol. The van der Waals surface area contributed by atoms with Gasteiger partial charge in [-0.1, -0.05) is 17.7 Å². The molecule has 1 aromatic heterocycles. The van der Waals surface area contributed by atoms with Gasteiger partial charge >= 0.3 is 21.7 Å². The van der Waals surface area contributed by atoms with E-state index in [0.29, 0.717) is 16.5 Å². The summed E-state index contributed by atoms with van der Waals surface area (Å²) >= 11 is 5.84. The summed E-state index contributed by atoms with van der Waals surface area (Å²) in [5.41, 5.74) is 0.145. The molecule has 3 aromatic rings. The van der Waals surface area contributed by atoms with Gasteiger partial charge in [0.1, 0.15) is 16.2 Å². The van der Waals surface area contributed by atoms with E-state index in [-0.39, 0.29) is 26.8 Å². The number of rotatable bonds is 5. The molecule has 0 unspecified atom stereocenters. The molecule has 28 heavy (non-hydrogen) atoms. The first-order valence-electron chi connectivity index (χ1n) is 8.08. The van der Waals surface area contributed by atoms with Gasteiger partial charge in [0.25, 0.3) is 0 Å². The molecule has 1 N–H and O–H groups in total. The van der Waals surface area contributed by atoms with Crippen molar-refractivity contribution in [1.29, 1.82) is 0 Å². The summed E-state index contributed by atoms with van der Waals surface area (Å²) in [6, 6.07) is 8.58. The summed E-state index contributed by atoms with van der Waals surface area (Å²) in [4.78, 5) is 23.0. The lowest BCUT2D eigenvalue weighted by Gasteiger charge is -2.13. The van der Waals surface area contributed by atoms with E-state index in [1.54, 1.807) is 13.8 Å². The van der Waals surface area contributed by atoms with Crippen molar-refractivity contribution >= 4 is 38.7 Å². The van der Waals surface area contributed by atoms with Crippen LogP contribution in [0.4, 0.5) is 0 Å². The first kappa shape index (κ1) is 19.9. The molecule has 0 aliphatic carbocycles. The summed E-state index contributed by atoms with van der Waals surface area (Å²) < 4.78 is 35.5. The van der Waals surface area contributed by atoms with Crippen molar-refractivity contribution in [2.45, 2.75) is 25.2 Å². The molecule has 0 bridgehead atoms. The van der Waals surface area contributed by atoms with Gasteiger partial charge in [-0.2, -0.15) is 8.42 Å². The van der Waals surface area contributed by atoms with Gasteiger partial charge in [0.2, 0.25) is 0 Å². The molecule has 9 heteroatoms. The Morgan fingerprint density at radius 2 is 1.89 bits per heavy atom. The summed E-state index contributed by atoms with van der Waals surface area (Å²) in [5, 5.41) is 9.71. The molecule has 0 aliphatic rings. The van der Waals surface area contributed by atoms with Crippen LogP contribution in [0, 0.1) is 13.8 Å². The standard InChI is InChI=1S/C19H15ClO7S/c1-10-14-6-7-16(27-28(24,25)13-5-3-4-12(20)8-13)11(2)18(14)26-19(23)15(10)9-17(21)22/h3-8H,9H2,1-2H3,(H,21,22). The molecule has 7 nitrogen and oxygen atoms in total. The third-order valence-corrected chi connectivity index (χ3v) is 5.73. The highest BCUT2D eigenvalue weighted by molar-refractivity contribution is 7.87. The van der Waals surface area contributed by atoms with Crippen molar-refractivity contribution in [2.24, 2.45) is 0 Å². The van der Waals surface area contributed by atoms with Crippen LogP contribution in [0.2, 0.25) is 5.02 Å². The van der Waals surface area contributed by atoms with Crippen molar-refractivity contribution in [3.63, 3.8) is 0 Å². The molecule has 0 saturated heterocycles. The first-order chi connectivity index (χ1) is 13.1. The molecule has 0 amide bonds. The van der Waals surface area contributed by atoms with Crippen LogP contribution in [0.15, 0.2) is 50.5 Å². The van der Waals surface area contributed by atoms with E-state index in [2.05, 4.69) is 0 Å². The minimum atomic E-state index is -4.15. The highest BCUT2D eigenvalue weighted by Crippen LogP contribution is 2.31. The normalized spacial score (nSPS) is 11.5. The van der Waals surface area contributed by atoms with Crippen LogP contribution in [-0.2, 0) is 21.3 Å². The molecule has 0 atom stereocenters. The van der Waals surface area contributed by atoms with Crippen LogP contribution in [0.5, 0.6) is 5.75 Å². The molecule has 2 aromatic carbocycles. The number of carboxylic acid groups (broad SMARTS) is 1. The van der Waals surface area contributed by atoms with E-state index in [0.717, 1.165) is 0 Å². The van der Waals surface area contributed by atoms with Gasteiger partial charge in [-0.3, -0.25) is 4.79 Å². The Bertz CT molecular complexity index is 1260. The number of carbonyl (C=O) groups is 1. The third kappa shape index (κ3) is 3.74. The maximum atomic E-state index is 12.5. The number of hydrogen-bond donors (Lipinski definition) is 1. The van der Waals surface area contributed by atoms with E-state index in [1.165, 1.54) is 36.4 Å². The number of carboxylic acids is 1. The SMILES string of the molecule is Cc1c(CC(=O)O)c(=O)oc2c(C)c(OS(=O)(=O)c3cccc(Cl)c3)ccc12. The second kappa shape index (κ2) is 7.29. The zero-order chi connectivity index (χ0) is 20.6. The largest absolute Gasteiger partial charge is 0.481 e. The zero-order valence-electron chi connectivity index (χ0n) is 14.9. The van der Waals surface area contributed by atoms with Gasteiger partial charge in [0.15, 0.2) is 0 Å². The maximum Gasteiger partial charge on any atom is 0.340 e. The Kier molecular flexibility index (Phi) is 5.18. The zero-order valence-corrected chi connectivity index (χ0v) is 16.4. The Hall–Kier alpha value is -2.84.